The fourth-order valence-electron chi connectivity index (χ4n) is 2.43. The van der Waals surface area contributed by atoms with E-state index in [1.54, 1.807) is 0 Å². The van der Waals surface area contributed by atoms with E-state index in [2.05, 4.69) is 49.4 Å². The van der Waals surface area contributed by atoms with E-state index in [4.69, 9.17) is 10.5 Å². The normalized spacial score (nSPS) is 17.3. The highest BCUT2D eigenvalue weighted by Gasteiger charge is 2.18. The molecule has 0 unspecified atom stereocenters. The van der Waals surface area contributed by atoms with Crippen LogP contribution in [-0.4, -0.2) is 6.10 Å². The van der Waals surface area contributed by atoms with Crippen molar-refractivity contribution in [2.75, 3.05) is 0 Å². The lowest BCUT2D eigenvalue weighted by molar-refractivity contribution is 0.254. The van der Waals surface area contributed by atoms with Gasteiger partial charge in [0, 0.05) is 13.0 Å². The molecule has 18 heavy (non-hydrogen) atoms. The van der Waals surface area contributed by atoms with Crippen LogP contribution in [0, 0.1) is 0 Å². The van der Waals surface area contributed by atoms with Crippen molar-refractivity contribution in [3.63, 3.8) is 0 Å². The maximum atomic E-state index is 5.72. The summed E-state index contributed by atoms with van der Waals surface area (Å²) in [5, 5.41) is 0. The van der Waals surface area contributed by atoms with Gasteiger partial charge in [-0.25, -0.2) is 0 Å². The van der Waals surface area contributed by atoms with Crippen LogP contribution in [0.4, 0.5) is 0 Å². The summed E-state index contributed by atoms with van der Waals surface area (Å²) in [5.41, 5.74) is 10.6. The van der Waals surface area contributed by atoms with Crippen LogP contribution in [0.2, 0.25) is 0 Å². The Morgan fingerprint density at radius 1 is 1.11 bits per heavy atom. The van der Waals surface area contributed by atoms with E-state index in [9.17, 15) is 0 Å². The summed E-state index contributed by atoms with van der Waals surface area (Å²) in [4.78, 5) is 0. The van der Waals surface area contributed by atoms with Crippen LogP contribution in [0.25, 0.3) is 11.1 Å². The van der Waals surface area contributed by atoms with Crippen molar-refractivity contribution in [3.8, 4) is 16.9 Å². The topological polar surface area (TPSA) is 35.2 Å². The molecule has 92 valence electrons. The third kappa shape index (κ3) is 2.00. The van der Waals surface area contributed by atoms with Gasteiger partial charge in [0.15, 0.2) is 0 Å². The van der Waals surface area contributed by atoms with Gasteiger partial charge in [0.1, 0.15) is 11.9 Å². The van der Waals surface area contributed by atoms with Gasteiger partial charge in [-0.3, -0.25) is 0 Å². The second-order valence-corrected chi connectivity index (χ2v) is 4.86. The largest absolute Gasteiger partial charge is 0.490 e. The van der Waals surface area contributed by atoms with E-state index >= 15 is 0 Å². The summed E-state index contributed by atoms with van der Waals surface area (Å²) in [6.07, 6.45) is 1.30. The van der Waals surface area contributed by atoms with E-state index in [0.29, 0.717) is 12.6 Å². The van der Waals surface area contributed by atoms with E-state index in [1.165, 1.54) is 16.7 Å². The van der Waals surface area contributed by atoms with Crippen molar-refractivity contribution in [2.24, 2.45) is 5.73 Å². The minimum absolute atomic E-state index is 0.301. The first-order valence-corrected chi connectivity index (χ1v) is 6.35. The number of rotatable bonds is 2. The molecule has 0 saturated heterocycles. The van der Waals surface area contributed by atoms with Crippen molar-refractivity contribution >= 4 is 0 Å². The first-order chi connectivity index (χ1) is 8.76. The Hall–Kier alpha value is -1.80. The molecule has 1 aliphatic heterocycles. The number of hydrogen-bond donors (Lipinski definition) is 1. The maximum absolute atomic E-state index is 5.72. The summed E-state index contributed by atoms with van der Waals surface area (Å²) < 4.78 is 5.72. The van der Waals surface area contributed by atoms with Gasteiger partial charge in [-0.1, -0.05) is 30.3 Å². The van der Waals surface area contributed by atoms with Crippen LogP contribution in [0.1, 0.15) is 18.1 Å². The lowest BCUT2D eigenvalue weighted by Gasteiger charge is -2.05. The van der Waals surface area contributed by atoms with Gasteiger partial charge >= 0.3 is 0 Å². The highest BCUT2D eigenvalue weighted by Crippen LogP contribution is 2.32. The second kappa shape index (κ2) is 4.46. The average Bonchev–Trinajstić information content (AvgIpc) is 2.78. The molecule has 2 nitrogen and oxygen atoms in total. The van der Waals surface area contributed by atoms with Crippen LogP contribution in [0.3, 0.4) is 0 Å². The van der Waals surface area contributed by atoms with E-state index in [0.717, 1.165) is 17.7 Å². The predicted molar refractivity (Wildman–Crippen MR) is 73.6 cm³/mol. The minimum Gasteiger partial charge on any atom is -0.490 e. The van der Waals surface area contributed by atoms with Crippen molar-refractivity contribution in [1.82, 2.24) is 0 Å². The third-order valence-electron chi connectivity index (χ3n) is 3.42. The SMILES string of the molecule is C[C@@H]1Cc2cc(-c3ccc(CN)cc3)ccc2O1. The average molecular weight is 239 g/mol. The standard InChI is InChI=1S/C16H17NO/c1-11-8-15-9-14(6-7-16(15)18-11)13-4-2-12(10-17)3-5-13/h2-7,9,11H,8,10,17H2,1H3/t11-/m1/s1. The van der Waals surface area contributed by atoms with Crippen molar-refractivity contribution < 1.29 is 4.74 Å². The molecule has 1 aliphatic rings. The molecule has 1 atom stereocenters. The van der Waals surface area contributed by atoms with Gasteiger partial charge in [0.2, 0.25) is 0 Å². The van der Waals surface area contributed by atoms with Crippen LogP contribution in [-0.2, 0) is 13.0 Å². The molecule has 2 heteroatoms. The van der Waals surface area contributed by atoms with Crippen molar-refractivity contribution in [2.45, 2.75) is 26.0 Å². The van der Waals surface area contributed by atoms with Gasteiger partial charge in [0.25, 0.3) is 0 Å². The summed E-state index contributed by atoms with van der Waals surface area (Å²) in [5.74, 6) is 1.03. The van der Waals surface area contributed by atoms with E-state index < -0.39 is 0 Å². The Labute approximate surface area is 107 Å². The molecule has 0 aromatic heterocycles. The zero-order valence-corrected chi connectivity index (χ0v) is 10.5. The van der Waals surface area contributed by atoms with Gasteiger partial charge < -0.3 is 10.5 Å². The summed E-state index contributed by atoms with van der Waals surface area (Å²) in [6.45, 7) is 2.70. The highest BCUT2D eigenvalue weighted by atomic mass is 16.5. The fourth-order valence-corrected chi connectivity index (χ4v) is 2.43. The molecule has 2 N–H and O–H groups in total. The quantitative estimate of drug-likeness (QED) is 0.873. The maximum Gasteiger partial charge on any atom is 0.123 e. The number of hydrogen-bond acceptors (Lipinski definition) is 2. The fraction of sp³-hybridized carbons (Fsp3) is 0.250. The van der Waals surface area contributed by atoms with Gasteiger partial charge in [-0.2, -0.15) is 0 Å². The lowest BCUT2D eigenvalue weighted by atomic mass is 10.0. The highest BCUT2D eigenvalue weighted by molar-refractivity contribution is 5.66. The molecule has 0 amide bonds. The molecule has 0 spiro atoms. The van der Waals surface area contributed by atoms with Crippen LogP contribution in [0.15, 0.2) is 42.5 Å². The molecule has 0 aliphatic carbocycles. The zero-order valence-electron chi connectivity index (χ0n) is 10.5. The van der Waals surface area contributed by atoms with Crippen molar-refractivity contribution in [1.29, 1.82) is 0 Å². The molecule has 0 fully saturated rings. The molecule has 2 aromatic rings. The number of ether oxygens (including phenoxy) is 1. The number of nitrogens with two attached hydrogens (primary N) is 1. The molecule has 3 rings (SSSR count). The summed E-state index contributed by atoms with van der Waals surface area (Å²) >= 11 is 0. The first-order valence-electron chi connectivity index (χ1n) is 6.35. The Kier molecular flexibility index (Phi) is 2.80. The van der Waals surface area contributed by atoms with E-state index in [-0.39, 0.29) is 0 Å². The van der Waals surface area contributed by atoms with Gasteiger partial charge in [-0.05, 0) is 41.3 Å². The molecule has 1 heterocycles. The zero-order chi connectivity index (χ0) is 12.5. The first kappa shape index (κ1) is 11.3. The lowest BCUT2D eigenvalue weighted by Crippen LogP contribution is -2.05. The Morgan fingerprint density at radius 2 is 1.83 bits per heavy atom. The predicted octanol–water partition coefficient (Wildman–Crippen LogP) is 3.14. The van der Waals surface area contributed by atoms with Crippen LogP contribution >= 0.6 is 0 Å². The van der Waals surface area contributed by atoms with E-state index in [1.807, 2.05) is 0 Å². The smallest absolute Gasteiger partial charge is 0.123 e. The van der Waals surface area contributed by atoms with Crippen LogP contribution in [0.5, 0.6) is 5.75 Å². The number of benzene rings is 2. The van der Waals surface area contributed by atoms with Crippen LogP contribution < -0.4 is 10.5 Å². The summed E-state index contributed by atoms with van der Waals surface area (Å²) in [7, 11) is 0. The minimum atomic E-state index is 0.301. The monoisotopic (exact) mass is 239 g/mol. The Balaban J connectivity index is 1.95. The molecule has 0 radical (unpaired) electrons. The second-order valence-electron chi connectivity index (χ2n) is 4.86. The molecule has 0 bridgehead atoms. The molecule has 0 saturated carbocycles. The van der Waals surface area contributed by atoms with Gasteiger partial charge in [0.05, 0.1) is 0 Å². The molecular formula is C16H17NO. The van der Waals surface area contributed by atoms with Gasteiger partial charge in [-0.15, -0.1) is 0 Å². The Morgan fingerprint density at radius 3 is 2.56 bits per heavy atom. The molecule has 2 aromatic carbocycles. The Bertz CT molecular complexity index is 560. The third-order valence-corrected chi connectivity index (χ3v) is 3.42. The molecular weight excluding hydrogens is 222 g/mol. The van der Waals surface area contributed by atoms with Crippen molar-refractivity contribution in [3.05, 3.63) is 53.6 Å². The summed E-state index contributed by atoms with van der Waals surface area (Å²) in [6, 6.07) is 14.9. The number of fused-ring (bicyclic) bond motifs is 1.